The van der Waals surface area contributed by atoms with Crippen LogP contribution in [0.1, 0.15) is 68.1 Å². The second kappa shape index (κ2) is 13.5. The molecule has 53 heavy (non-hydrogen) atoms. The van der Waals surface area contributed by atoms with Crippen LogP contribution >= 0.6 is 23.2 Å². The Morgan fingerprint density at radius 1 is 1.15 bits per heavy atom. The second-order valence-corrected chi connectivity index (χ2v) is 15.6. The first-order valence-electron chi connectivity index (χ1n) is 18.5. The number of ether oxygens (including phenoxy) is 2. The van der Waals surface area contributed by atoms with E-state index in [-0.39, 0.29) is 53.0 Å². The maximum Gasteiger partial charge on any atom is 0.256 e. The highest BCUT2D eigenvalue weighted by Crippen LogP contribution is 2.51. The quantitative estimate of drug-likeness (QED) is 0.153. The number of likely N-dealkylation sites (tertiary alicyclic amines) is 1. The van der Waals surface area contributed by atoms with Gasteiger partial charge in [0, 0.05) is 70.8 Å². The van der Waals surface area contributed by atoms with Gasteiger partial charge in [0.25, 0.3) is 5.88 Å². The first-order valence-corrected chi connectivity index (χ1v) is 19.3. The van der Waals surface area contributed by atoms with Gasteiger partial charge in [0.1, 0.15) is 11.6 Å². The zero-order chi connectivity index (χ0) is 36.5. The maximum atomic E-state index is 17.2. The minimum Gasteiger partial charge on any atom is -0.483 e. The highest BCUT2D eigenvalue weighted by molar-refractivity contribution is 6.43. The molecule has 5 aromatic rings. The monoisotopic (exact) mass is 752 g/mol. The molecular weight excluding hydrogens is 714 g/mol. The molecule has 6 heterocycles. The molecule has 0 spiro atoms. The van der Waals surface area contributed by atoms with Crippen molar-refractivity contribution in [2.45, 2.75) is 76.6 Å². The van der Waals surface area contributed by atoms with E-state index in [1.165, 1.54) is 0 Å². The Kier molecular flexibility index (Phi) is 8.72. The number of carbonyl (C=O) groups excluding carboxylic acids is 1. The Balaban J connectivity index is 1.24. The van der Waals surface area contributed by atoms with Crippen LogP contribution in [0.3, 0.4) is 0 Å². The molecule has 12 heteroatoms. The van der Waals surface area contributed by atoms with Gasteiger partial charge < -0.3 is 24.3 Å². The summed E-state index contributed by atoms with van der Waals surface area (Å²) in [5, 5.41) is 15.5. The summed E-state index contributed by atoms with van der Waals surface area (Å²) in [6.07, 6.45) is 5.34. The van der Waals surface area contributed by atoms with Crippen molar-refractivity contribution in [2.24, 2.45) is 11.8 Å². The number of halogens is 3. The second-order valence-electron chi connectivity index (χ2n) is 14.8. The first kappa shape index (κ1) is 34.3. The van der Waals surface area contributed by atoms with Crippen LogP contribution in [-0.4, -0.2) is 57.2 Å². The highest BCUT2D eigenvalue weighted by atomic mass is 35.5. The van der Waals surface area contributed by atoms with Crippen molar-refractivity contribution >= 4 is 50.9 Å². The van der Waals surface area contributed by atoms with E-state index >= 15 is 4.39 Å². The number of nitriles is 1. The lowest BCUT2D eigenvalue weighted by Gasteiger charge is -2.39. The van der Waals surface area contributed by atoms with Gasteiger partial charge in [-0.15, -0.1) is 0 Å². The minimum atomic E-state index is -0.491. The Labute approximate surface area is 317 Å². The number of rotatable bonds is 10. The molecule has 9 nitrogen and oxygen atoms in total. The standard InChI is InChI=1S/C41H39Cl2FN6O3/c1-3-52-40-33(10-6-14-46-40)53-25-17-31(49(20-25)41(51)22-11-12-22)32-18-27-21(2)48-37-28(39(27)50(32)38-24-16-30(38)47-19-24)15-23(7-5-13-45)34(36(37)44)26-8-4-9-29(42)35(26)43/h4,6,8-10,14-15,18,22,24-25,30-31,38,47H,3,5,7,11-12,16-17,19-20H2,1-2H3. The molecule has 2 bridgehead atoms. The largest absolute Gasteiger partial charge is 0.483 e. The van der Waals surface area contributed by atoms with E-state index < -0.39 is 5.82 Å². The first-order chi connectivity index (χ1) is 25.8. The van der Waals surface area contributed by atoms with Gasteiger partial charge in [0.2, 0.25) is 5.91 Å². The summed E-state index contributed by atoms with van der Waals surface area (Å²) >= 11 is 13.1. The average molecular weight is 754 g/mol. The summed E-state index contributed by atoms with van der Waals surface area (Å²) in [5.74, 6) is 1.07. The molecule has 2 aromatic carbocycles. The number of nitrogens with one attached hydrogen (secondary N) is 1. The van der Waals surface area contributed by atoms with Crippen molar-refractivity contribution in [2.75, 3.05) is 19.7 Å². The van der Waals surface area contributed by atoms with Crippen LogP contribution in [0.25, 0.3) is 32.9 Å². The van der Waals surface area contributed by atoms with E-state index in [1.807, 2.05) is 36.9 Å². The predicted molar refractivity (Wildman–Crippen MR) is 202 cm³/mol. The molecule has 3 aliphatic heterocycles. The van der Waals surface area contributed by atoms with Crippen molar-refractivity contribution in [3.63, 3.8) is 0 Å². The molecule has 1 N–H and O–H groups in total. The van der Waals surface area contributed by atoms with Crippen LogP contribution < -0.4 is 14.8 Å². The van der Waals surface area contributed by atoms with Crippen molar-refractivity contribution in [1.29, 1.82) is 5.26 Å². The summed E-state index contributed by atoms with van der Waals surface area (Å²) in [4.78, 5) is 25.4. The molecule has 1 amide bonds. The molecule has 5 fully saturated rings. The molecule has 5 unspecified atom stereocenters. The van der Waals surface area contributed by atoms with Crippen molar-refractivity contribution in [3.8, 4) is 28.8 Å². The van der Waals surface area contributed by atoms with Crippen LogP contribution in [0.4, 0.5) is 4.39 Å². The number of pyridine rings is 2. The number of benzene rings is 2. The minimum absolute atomic E-state index is 0.0192. The number of hydrogen-bond donors (Lipinski definition) is 1. The van der Waals surface area contributed by atoms with Gasteiger partial charge in [-0.25, -0.2) is 14.4 Å². The lowest BCUT2D eigenvalue weighted by atomic mass is 9.79. The van der Waals surface area contributed by atoms with Crippen LogP contribution in [0.5, 0.6) is 11.6 Å². The molecule has 3 saturated heterocycles. The van der Waals surface area contributed by atoms with Gasteiger partial charge in [-0.2, -0.15) is 5.26 Å². The summed E-state index contributed by atoms with van der Waals surface area (Å²) in [7, 11) is 0. The van der Waals surface area contributed by atoms with Crippen molar-refractivity contribution in [3.05, 3.63) is 81.5 Å². The average Bonchev–Trinajstić information content (AvgIpc) is 3.44. The Morgan fingerprint density at radius 2 is 2.00 bits per heavy atom. The normalized spacial score (nSPS) is 23.4. The third-order valence-electron chi connectivity index (χ3n) is 11.6. The van der Waals surface area contributed by atoms with Crippen molar-refractivity contribution < 1.29 is 18.7 Å². The van der Waals surface area contributed by atoms with Crippen LogP contribution in [0.15, 0.2) is 48.7 Å². The van der Waals surface area contributed by atoms with E-state index in [1.54, 1.807) is 24.4 Å². The van der Waals surface area contributed by atoms with Gasteiger partial charge in [0.05, 0.1) is 46.9 Å². The van der Waals surface area contributed by atoms with E-state index in [0.717, 1.165) is 42.4 Å². The lowest BCUT2D eigenvalue weighted by Crippen LogP contribution is -2.41. The molecule has 3 aromatic heterocycles. The Bertz CT molecular complexity index is 2320. The fourth-order valence-corrected chi connectivity index (χ4v) is 9.36. The smallest absolute Gasteiger partial charge is 0.256 e. The van der Waals surface area contributed by atoms with Gasteiger partial charge >= 0.3 is 0 Å². The van der Waals surface area contributed by atoms with E-state index in [2.05, 4.69) is 27.0 Å². The summed E-state index contributed by atoms with van der Waals surface area (Å²) in [6.45, 7) is 5.63. The number of nitrogens with zero attached hydrogens (tertiary/aromatic N) is 5. The number of aromatic nitrogens is 3. The van der Waals surface area contributed by atoms with Gasteiger partial charge in [-0.3, -0.25) is 4.79 Å². The lowest BCUT2D eigenvalue weighted by molar-refractivity contribution is -0.133. The highest BCUT2D eigenvalue weighted by Gasteiger charge is 2.51. The number of amides is 1. The number of hydrogen-bond acceptors (Lipinski definition) is 7. The third kappa shape index (κ3) is 5.71. The fraction of sp³-hybridized carbons (Fsp3) is 0.415. The SMILES string of the molecule is CCOc1ncccc1OC1CC(c2cc3c(C)nc4c(F)c(-c5cccc(Cl)c5Cl)c(CCC#N)cc4c3n2C2C3CNC2C3)N(C(=O)C2CC2)C1. The number of carbonyl (C=O) groups is 1. The maximum absolute atomic E-state index is 17.2. The molecule has 272 valence electrons. The van der Waals surface area contributed by atoms with Crippen molar-refractivity contribution in [1.82, 2.24) is 24.8 Å². The molecule has 2 saturated carbocycles. The third-order valence-corrected chi connectivity index (χ3v) is 12.4. The van der Waals surface area contributed by atoms with Gasteiger partial charge in [0.15, 0.2) is 11.6 Å². The zero-order valence-electron chi connectivity index (χ0n) is 29.5. The molecule has 5 aliphatic rings. The molecule has 0 radical (unpaired) electrons. The van der Waals surface area contributed by atoms with E-state index in [4.69, 9.17) is 37.7 Å². The summed E-state index contributed by atoms with van der Waals surface area (Å²) < 4.78 is 32.0. The van der Waals surface area contributed by atoms with Gasteiger partial charge in [-0.1, -0.05) is 35.3 Å². The number of fused-ring (bicyclic) bond motifs is 4. The van der Waals surface area contributed by atoms with Gasteiger partial charge in [-0.05, 0) is 81.3 Å². The van der Waals surface area contributed by atoms with E-state index in [0.29, 0.717) is 76.3 Å². The molecule has 2 aliphatic carbocycles. The van der Waals surface area contributed by atoms with Crippen LogP contribution in [0, 0.1) is 35.9 Å². The molecule has 5 atom stereocenters. The van der Waals surface area contributed by atoms with Crippen LogP contribution in [-0.2, 0) is 11.2 Å². The topological polar surface area (TPSA) is 105 Å². The number of aryl methyl sites for hydroxylation is 2. The fourth-order valence-electron chi connectivity index (χ4n) is 8.96. The molecule has 10 rings (SSSR count). The zero-order valence-corrected chi connectivity index (χ0v) is 31.1. The Morgan fingerprint density at radius 3 is 2.74 bits per heavy atom. The van der Waals surface area contributed by atoms with E-state index in [9.17, 15) is 10.1 Å². The Hall–Kier alpha value is -4.43. The summed E-state index contributed by atoms with van der Waals surface area (Å²) in [5.41, 5.74) is 4.30. The summed E-state index contributed by atoms with van der Waals surface area (Å²) in [6, 6.07) is 15.4. The molecular formula is C41H39Cl2FN6O3. The predicted octanol–water partition coefficient (Wildman–Crippen LogP) is 8.52. The van der Waals surface area contributed by atoms with Crippen LogP contribution in [0.2, 0.25) is 10.0 Å².